The molecule has 1 N–H and O–H groups in total. The summed E-state index contributed by atoms with van der Waals surface area (Å²) in [5, 5.41) is -0.0700. The molecule has 11 heteroatoms. The topological polar surface area (TPSA) is 108 Å². The quantitative estimate of drug-likeness (QED) is 0.283. The Bertz CT molecular complexity index is 1030. The number of hydrogen-bond acceptors (Lipinski definition) is 7. The van der Waals surface area contributed by atoms with E-state index in [1.54, 1.807) is 12.1 Å². The van der Waals surface area contributed by atoms with Crippen LogP contribution in [0.4, 0.5) is 0 Å². The Morgan fingerprint density at radius 3 is 2.42 bits per heavy atom. The molecule has 0 aliphatic carbocycles. The monoisotopic (exact) mass is 489 g/mol. The molecule has 1 heterocycles. The second-order valence-corrected chi connectivity index (χ2v) is 16.7. The van der Waals surface area contributed by atoms with Crippen LogP contribution in [0.5, 0.6) is 0 Å². The molecule has 1 fully saturated rings. The summed E-state index contributed by atoms with van der Waals surface area (Å²) in [5.41, 5.74) is 0.943. The molecule has 2 atom stereocenters. The van der Waals surface area contributed by atoms with Gasteiger partial charge in [0.15, 0.2) is 8.32 Å². The molecule has 1 aromatic rings. The highest BCUT2D eigenvalue weighted by Gasteiger charge is 2.43. The highest BCUT2D eigenvalue weighted by molar-refractivity contribution is 7.86. The van der Waals surface area contributed by atoms with Crippen molar-refractivity contribution < 1.29 is 29.6 Å². The van der Waals surface area contributed by atoms with E-state index in [0.717, 1.165) is 5.56 Å². The van der Waals surface area contributed by atoms with E-state index >= 15 is 0 Å². The lowest BCUT2D eigenvalue weighted by atomic mass is 10.2. The van der Waals surface area contributed by atoms with Gasteiger partial charge in [0.1, 0.15) is 6.04 Å². The van der Waals surface area contributed by atoms with E-state index in [1.165, 1.54) is 12.1 Å². The lowest BCUT2D eigenvalue weighted by Gasteiger charge is -2.41. The highest BCUT2D eigenvalue weighted by atomic mass is 32.2. The first-order valence-electron chi connectivity index (χ1n) is 9.92. The Balaban J connectivity index is 2.02. The van der Waals surface area contributed by atoms with Gasteiger partial charge >= 0.3 is 10.3 Å². The summed E-state index contributed by atoms with van der Waals surface area (Å²) in [5.74, 6) is 5.63. The Labute approximate surface area is 187 Å². The van der Waals surface area contributed by atoms with Crippen LogP contribution < -0.4 is 4.72 Å². The van der Waals surface area contributed by atoms with E-state index in [0.29, 0.717) is 0 Å². The van der Waals surface area contributed by atoms with Crippen molar-refractivity contribution in [1.82, 2.24) is 4.72 Å². The van der Waals surface area contributed by atoms with E-state index < -0.39 is 40.9 Å². The van der Waals surface area contributed by atoms with E-state index in [4.69, 9.17) is 12.8 Å². The second-order valence-electron chi connectivity index (χ2n) is 8.91. The van der Waals surface area contributed by atoms with Gasteiger partial charge in [-0.2, -0.15) is 21.6 Å². The van der Waals surface area contributed by atoms with Gasteiger partial charge < -0.3 is 4.43 Å². The minimum atomic E-state index is -3.91. The van der Waals surface area contributed by atoms with Crippen molar-refractivity contribution in [3.8, 4) is 11.8 Å². The summed E-state index contributed by atoms with van der Waals surface area (Å²) in [7, 11) is -9.96. The fourth-order valence-electron chi connectivity index (χ4n) is 2.46. The third-order valence-electron chi connectivity index (χ3n) is 5.32. The zero-order valence-electron chi connectivity index (χ0n) is 18.8. The van der Waals surface area contributed by atoms with Gasteiger partial charge in [-0.25, -0.2) is 0 Å². The summed E-state index contributed by atoms with van der Waals surface area (Å²) in [6.45, 7) is 12.0. The van der Waals surface area contributed by atoms with Crippen molar-refractivity contribution in [2.24, 2.45) is 0 Å². The number of rotatable bonds is 6. The van der Waals surface area contributed by atoms with Crippen LogP contribution in [0.15, 0.2) is 29.2 Å². The van der Waals surface area contributed by atoms with Gasteiger partial charge in [0.25, 0.3) is 10.1 Å². The zero-order valence-corrected chi connectivity index (χ0v) is 21.4. The Kier molecular flexibility index (Phi) is 8.13. The molecule has 0 unspecified atom stereocenters. The lowest BCUT2D eigenvalue weighted by Crippen LogP contribution is -2.56. The minimum Gasteiger partial charge on any atom is -0.409 e. The lowest BCUT2D eigenvalue weighted by molar-refractivity contribution is 0.0867. The van der Waals surface area contributed by atoms with E-state index in [2.05, 4.69) is 50.4 Å². The average molecular weight is 490 g/mol. The van der Waals surface area contributed by atoms with Gasteiger partial charge in [0, 0.05) is 6.42 Å². The van der Waals surface area contributed by atoms with Crippen LogP contribution in [0.25, 0.3) is 0 Å². The Morgan fingerprint density at radius 2 is 1.84 bits per heavy atom. The van der Waals surface area contributed by atoms with Crippen LogP contribution in [0.1, 0.15) is 32.8 Å². The van der Waals surface area contributed by atoms with Crippen molar-refractivity contribution in [2.45, 2.75) is 69.3 Å². The SMILES string of the molecule is Cc1ccc(S(=O)(=O)OCCC#C[C@H]2NS(=O)(=O)OC[C@H]2O[Si](C)(C)C(C)(C)C)cc1. The van der Waals surface area contributed by atoms with E-state index in [-0.39, 0.29) is 29.6 Å². The molecule has 1 aliphatic heterocycles. The largest absolute Gasteiger partial charge is 0.409 e. The molecule has 8 nitrogen and oxygen atoms in total. The smallest absolute Gasteiger partial charge is 0.337 e. The molecule has 0 bridgehead atoms. The number of nitrogens with one attached hydrogen (secondary N) is 1. The minimum absolute atomic E-state index is 0.0700. The average Bonchev–Trinajstić information content (AvgIpc) is 2.62. The summed E-state index contributed by atoms with van der Waals surface area (Å²) in [6.07, 6.45) is -0.453. The van der Waals surface area contributed by atoms with Gasteiger partial charge in [-0.15, -0.1) is 0 Å². The second kappa shape index (κ2) is 9.70. The standard InChI is InChI=1S/C20H31NO7S2Si/c1-16-10-12-17(13-11-16)29(22,23)26-14-8-7-9-18-19(15-27-30(24,25)21-18)28-31(5,6)20(2,3)4/h10-13,18-19,21H,8,14-15H2,1-6H3/t18-,19-/m1/s1. The Morgan fingerprint density at radius 1 is 1.23 bits per heavy atom. The molecule has 1 aliphatic rings. The van der Waals surface area contributed by atoms with Crippen LogP contribution in [0.2, 0.25) is 18.1 Å². The molecule has 0 aromatic heterocycles. The van der Waals surface area contributed by atoms with Crippen LogP contribution >= 0.6 is 0 Å². The predicted octanol–water partition coefficient (Wildman–Crippen LogP) is 2.72. The molecule has 174 valence electrons. The van der Waals surface area contributed by atoms with Crippen LogP contribution in [-0.4, -0.2) is 50.5 Å². The van der Waals surface area contributed by atoms with Gasteiger partial charge in [0.05, 0.1) is 24.2 Å². The van der Waals surface area contributed by atoms with E-state index in [9.17, 15) is 16.8 Å². The predicted molar refractivity (Wildman–Crippen MR) is 121 cm³/mol. The maximum absolute atomic E-state index is 12.2. The number of aryl methyl sites for hydroxylation is 1. The summed E-state index contributed by atoms with van der Waals surface area (Å²) in [6, 6.07) is 5.55. The molecular formula is C20H31NO7S2Si. The third-order valence-corrected chi connectivity index (χ3v) is 12.1. The summed E-state index contributed by atoms with van der Waals surface area (Å²) < 4.78 is 66.6. The first-order chi connectivity index (χ1) is 14.1. The van der Waals surface area contributed by atoms with Gasteiger partial charge in [-0.05, 0) is 37.2 Å². The normalized spacial score (nSPS) is 21.9. The number of benzene rings is 1. The molecular weight excluding hydrogens is 458 g/mol. The molecule has 0 amide bonds. The van der Waals surface area contributed by atoms with Gasteiger partial charge in [0.2, 0.25) is 0 Å². The molecule has 0 saturated carbocycles. The maximum Gasteiger partial charge on any atom is 0.337 e. The third kappa shape index (κ3) is 7.39. The van der Waals surface area contributed by atoms with Crippen molar-refractivity contribution >= 4 is 28.7 Å². The Hall–Kier alpha value is -1.26. The molecule has 0 spiro atoms. The summed E-state index contributed by atoms with van der Waals surface area (Å²) >= 11 is 0. The van der Waals surface area contributed by atoms with Crippen molar-refractivity contribution in [3.63, 3.8) is 0 Å². The van der Waals surface area contributed by atoms with Crippen LogP contribution in [0, 0.1) is 18.8 Å². The highest BCUT2D eigenvalue weighted by Crippen LogP contribution is 2.38. The van der Waals surface area contributed by atoms with Crippen molar-refractivity contribution in [1.29, 1.82) is 0 Å². The molecule has 0 radical (unpaired) electrons. The first-order valence-corrected chi connectivity index (χ1v) is 15.6. The molecule has 1 saturated heterocycles. The van der Waals surface area contributed by atoms with Crippen molar-refractivity contribution in [3.05, 3.63) is 29.8 Å². The van der Waals surface area contributed by atoms with Gasteiger partial charge in [-0.1, -0.05) is 50.3 Å². The fraction of sp³-hybridized carbons (Fsp3) is 0.600. The molecule has 31 heavy (non-hydrogen) atoms. The molecule has 2 rings (SSSR count). The van der Waals surface area contributed by atoms with Crippen LogP contribution in [0.3, 0.4) is 0 Å². The van der Waals surface area contributed by atoms with Gasteiger partial charge in [-0.3, -0.25) is 8.37 Å². The zero-order chi connectivity index (χ0) is 23.5. The first kappa shape index (κ1) is 26.0. The van der Waals surface area contributed by atoms with E-state index in [1.807, 2.05) is 6.92 Å². The summed E-state index contributed by atoms with van der Waals surface area (Å²) in [4.78, 5) is 0.0751. The maximum atomic E-state index is 12.2. The molecule has 1 aromatic carbocycles. The number of hydrogen-bond donors (Lipinski definition) is 1. The fourth-order valence-corrected chi connectivity index (χ4v) is 5.58. The van der Waals surface area contributed by atoms with Crippen molar-refractivity contribution in [2.75, 3.05) is 13.2 Å². The van der Waals surface area contributed by atoms with Crippen LogP contribution in [-0.2, 0) is 33.2 Å².